The third kappa shape index (κ3) is 4.08. The topological polar surface area (TPSA) is 66.5 Å². The number of halogens is 1. The van der Waals surface area contributed by atoms with Gasteiger partial charge in [0.05, 0.1) is 4.90 Å². The third-order valence-corrected chi connectivity index (χ3v) is 4.73. The van der Waals surface area contributed by atoms with E-state index in [2.05, 4.69) is 20.7 Å². The smallest absolute Gasteiger partial charge is 0.241 e. The first kappa shape index (κ1) is 15.1. The summed E-state index contributed by atoms with van der Waals surface area (Å²) in [6, 6.07) is 6.53. The van der Waals surface area contributed by atoms with Gasteiger partial charge >= 0.3 is 0 Å². The molecule has 100 valence electrons. The highest BCUT2D eigenvalue weighted by molar-refractivity contribution is 9.10. The molecule has 0 spiro atoms. The van der Waals surface area contributed by atoms with Gasteiger partial charge in [0, 0.05) is 31.5 Å². The summed E-state index contributed by atoms with van der Waals surface area (Å²) in [5, 5.41) is 0. The Morgan fingerprint density at radius 1 is 1.33 bits per heavy atom. The fourth-order valence-electron chi connectivity index (χ4n) is 1.26. The van der Waals surface area contributed by atoms with Gasteiger partial charge in [-0.3, -0.25) is 4.79 Å². The summed E-state index contributed by atoms with van der Waals surface area (Å²) in [6.07, 6.45) is 0.136. The van der Waals surface area contributed by atoms with Gasteiger partial charge in [0.25, 0.3) is 0 Å². The van der Waals surface area contributed by atoms with Crippen molar-refractivity contribution in [1.29, 1.82) is 0 Å². The molecule has 0 aromatic heterocycles. The molecule has 18 heavy (non-hydrogen) atoms. The highest BCUT2D eigenvalue weighted by Gasteiger charge is 2.17. The first-order valence-corrected chi connectivity index (χ1v) is 7.56. The maximum atomic E-state index is 11.9. The maximum Gasteiger partial charge on any atom is 0.241 e. The molecule has 1 rings (SSSR count). The average molecular weight is 335 g/mol. The van der Waals surface area contributed by atoms with E-state index in [1.54, 1.807) is 32.3 Å². The summed E-state index contributed by atoms with van der Waals surface area (Å²) < 4.78 is 26.8. The lowest BCUT2D eigenvalue weighted by atomic mass is 10.4. The van der Waals surface area contributed by atoms with Crippen molar-refractivity contribution in [3.8, 4) is 0 Å². The van der Waals surface area contributed by atoms with Crippen LogP contribution in [0.4, 0.5) is 0 Å². The van der Waals surface area contributed by atoms with Crippen LogP contribution in [0.5, 0.6) is 0 Å². The normalized spacial score (nSPS) is 11.3. The molecule has 0 fully saturated rings. The first-order chi connectivity index (χ1) is 8.34. The number of hydrogen-bond acceptors (Lipinski definition) is 3. The Bertz CT molecular complexity index is 529. The maximum absolute atomic E-state index is 11.9. The second-order valence-corrected chi connectivity index (χ2v) is 6.46. The molecule has 1 aromatic rings. The van der Waals surface area contributed by atoms with Crippen molar-refractivity contribution in [2.24, 2.45) is 0 Å². The number of carbonyl (C=O) groups is 1. The van der Waals surface area contributed by atoms with E-state index in [0.29, 0.717) is 4.47 Å². The van der Waals surface area contributed by atoms with E-state index in [9.17, 15) is 13.2 Å². The minimum Gasteiger partial charge on any atom is -0.349 e. The molecule has 1 amide bonds. The number of benzene rings is 1. The van der Waals surface area contributed by atoms with E-state index in [1.807, 2.05) is 0 Å². The van der Waals surface area contributed by atoms with Gasteiger partial charge in [-0.25, -0.2) is 13.1 Å². The number of hydrogen-bond donors (Lipinski definition) is 1. The first-order valence-electron chi connectivity index (χ1n) is 5.29. The minimum atomic E-state index is -3.58. The number of amides is 1. The molecule has 0 radical (unpaired) electrons. The molecule has 0 bridgehead atoms. The molecule has 0 unspecified atom stereocenters. The van der Waals surface area contributed by atoms with Crippen LogP contribution >= 0.6 is 15.9 Å². The summed E-state index contributed by atoms with van der Waals surface area (Å²) in [7, 11) is -0.321. The van der Waals surface area contributed by atoms with Gasteiger partial charge in [0.1, 0.15) is 0 Å². The molecule has 1 N–H and O–H groups in total. The predicted molar refractivity (Wildman–Crippen MR) is 72.6 cm³/mol. The predicted octanol–water partition coefficient (Wildman–Crippen LogP) is 1.21. The molecule has 0 aliphatic carbocycles. The van der Waals surface area contributed by atoms with Crippen molar-refractivity contribution >= 4 is 31.9 Å². The van der Waals surface area contributed by atoms with Crippen LogP contribution in [0.15, 0.2) is 33.6 Å². The SMILES string of the molecule is CN(C)C(=O)CCNS(=O)(=O)c1ccccc1Br. The molecule has 0 heterocycles. The Balaban J connectivity index is 2.67. The minimum absolute atomic E-state index is 0.0840. The van der Waals surface area contributed by atoms with Crippen molar-refractivity contribution in [3.63, 3.8) is 0 Å². The van der Waals surface area contributed by atoms with E-state index in [0.717, 1.165) is 0 Å². The number of nitrogens with one attached hydrogen (secondary N) is 1. The fraction of sp³-hybridized carbons (Fsp3) is 0.364. The Labute approximate surface area is 115 Å². The molecule has 0 saturated carbocycles. The highest BCUT2D eigenvalue weighted by atomic mass is 79.9. The van der Waals surface area contributed by atoms with Crippen LogP contribution < -0.4 is 4.72 Å². The number of carbonyl (C=O) groups excluding carboxylic acids is 1. The molecule has 0 aliphatic rings. The zero-order valence-corrected chi connectivity index (χ0v) is 12.6. The van der Waals surface area contributed by atoms with Gasteiger partial charge in [-0.2, -0.15) is 0 Å². The molecular formula is C11H15BrN2O3S. The van der Waals surface area contributed by atoms with Gasteiger partial charge in [-0.15, -0.1) is 0 Å². The van der Waals surface area contributed by atoms with Crippen LogP contribution in [0.1, 0.15) is 6.42 Å². The van der Waals surface area contributed by atoms with E-state index in [4.69, 9.17) is 0 Å². The van der Waals surface area contributed by atoms with Gasteiger partial charge < -0.3 is 4.90 Å². The van der Waals surface area contributed by atoms with Crippen molar-refractivity contribution in [1.82, 2.24) is 9.62 Å². The Kier molecular flexibility index (Phi) is 5.30. The summed E-state index contributed by atoms with van der Waals surface area (Å²) >= 11 is 3.18. The fourth-order valence-corrected chi connectivity index (χ4v) is 3.29. The quantitative estimate of drug-likeness (QED) is 0.879. The van der Waals surface area contributed by atoms with Crippen LogP contribution in [0.2, 0.25) is 0 Å². The van der Waals surface area contributed by atoms with Crippen LogP contribution in [0.3, 0.4) is 0 Å². The summed E-state index contributed by atoms with van der Waals surface area (Å²) in [5.74, 6) is -0.121. The molecule has 0 aliphatic heterocycles. The van der Waals surface area contributed by atoms with E-state index >= 15 is 0 Å². The number of nitrogens with zero attached hydrogens (tertiary/aromatic N) is 1. The van der Waals surface area contributed by atoms with Gasteiger partial charge in [-0.1, -0.05) is 12.1 Å². The number of rotatable bonds is 5. The lowest BCUT2D eigenvalue weighted by Crippen LogP contribution is -2.30. The molecule has 0 saturated heterocycles. The van der Waals surface area contributed by atoms with Crippen LogP contribution in [-0.4, -0.2) is 39.9 Å². The standard InChI is InChI=1S/C11H15BrN2O3S/c1-14(2)11(15)7-8-13-18(16,17)10-6-4-3-5-9(10)12/h3-6,13H,7-8H2,1-2H3. The third-order valence-electron chi connectivity index (χ3n) is 2.26. The summed E-state index contributed by atoms with van der Waals surface area (Å²) in [5.41, 5.74) is 0. The van der Waals surface area contributed by atoms with Gasteiger partial charge in [0.15, 0.2) is 0 Å². The molecule has 5 nitrogen and oxygen atoms in total. The molecule has 7 heteroatoms. The van der Waals surface area contributed by atoms with Crippen molar-refractivity contribution < 1.29 is 13.2 Å². The molecular weight excluding hydrogens is 320 g/mol. The Morgan fingerprint density at radius 2 is 1.94 bits per heavy atom. The molecule has 1 aromatic carbocycles. The summed E-state index contributed by atoms with van der Waals surface area (Å²) in [6.45, 7) is 0.0840. The second-order valence-electron chi connectivity index (χ2n) is 3.87. The Hall–Kier alpha value is -0.920. The molecule has 0 atom stereocenters. The average Bonchev–Trinajstić information content (AvgIpc) is 2.28. The van der Waals surface area contributed by atoms with Gasteiger partial charge in [0.2, 0.25) is 15.9 Å². The van der Waals surface area contributed by atoms with Crippen LogP contribution in [0.25, 0.3) is 0 Å². The van der Waals surface area contributed by atoms with Crippen molar-refractivity contribution in [2.45, 2.75) is 11.3 Å². The van der Waals surface area contributed by atoms with Crippen LogP contribution in [0, 0.1) is 0 Å². The zero-order chi connectivity index (χ0) is 13.8. The summed E-state index contributed by atoms with van der Waals surface area (Å²) in [4.78, 5) is 12.9. The number of sulfonamides is 1. The monoisotopic (exact) mass is 334 g/mol. The lowest BCUT2D eigenvalue weighted by Gasteiger charge is -2.11. The highest BCUT2D eigenvalue weighted by Crippen LogP contribution is 2.20. The van der Waals surface area contributed by atoms with E-state index < -0.39 is 10.0 Å². The Morgan fingerprint density at radius 3 is 2.50 bits per heavy atom. The van der Waals surface area contributed by atoms with Crippen molar-refractivity contribution in [2.75, 3.05) is 20.6 Å². The largest absolute Gasteiger partial charge is 0.349 e. The van der Waals surface area contributed by atoms with E-state index in [-0.39, 0.29) is 23.8 Å². The second kappa shape index (κ2) is 6.31. The lowest BCUT2D eigenvalue weighted by molar-refractivity contribution is -0.128. The van der Waals surface area contributed by atoms with E-state index in [1.165, 1.54) is 11.0 Å². The zero-order valence-electron chi connectivity index (χ0n) is 10.2. The van der Waals surface area contributed by atoms with Gasteiger partial charge in [-0.05, 0) is 28.1 Å². The van der Waals surface area contributed by atoms with Crippen molar-refractivity contribution in [3.05, 3.63) is 28.7 Å². The van der Waals surface area contributed by atoms with Crippen LogP contribution in [-0.2, 0) is 14.8 Å².